The molecule has 1 fully saturated rings. The number of nitrogens with one attached hydrogen (secondary N) is 1. The molecule has 1 aliphatic rings. The average Bonchev–Trinajstić information content (AvgIpc) is 3.06. The van der Waals surface area contributed by atoms with Crippen molar-refractivity contribution in [2.45, 2.75) is 25.3 Å². The number of carbonyl (C=O) groups is 2. The SMILES string of the molecule is CCC(CO)(CO)NC(=O)[C@@H]1C[C@@H]1C(=O)O. The first-order chi connectivity index (χ1) is 7.49. The Bertz CT molecular complexity index is 279. The topological polar surface area (TPSA) is 107 Å². The molecule has 1 rings (SSSR count). The number of hydrogen-bond donors (Lipinski definition) is 4. The van der Waals surface area contributed by atoms with Gasteiger partial charge < -0.3 is 20.6 Å². The summed E-state index contributed by atoms with van der Waals surface area (Å²) >= 11 is 0. The van der Waals surface area contributed by atoms with Crippen LogP contribution in [0.25, 0.3) is 0 Å². The van der Waals surface area contributed by atoms with Gasteiger partial charge in [-0.2, -0.15) is 0 Å². The molecule has 1 amide bonds. The molecule has 6 nitrogen and oxygen atoms in total. The van der Waals surface area contributed by atoms with Crippen molar-refractivity contribution in [1.29, 1.82) is 0 Å². The van der Waals surface area contributed by atoms with Crippen LogP contribution in [-0.4, -0.2) is 45.9 Å². The van der Waals surface area contributed by atoms with Gasteiger partial charge >= 0.3 is 5.97 Å². The summed E-state index contributed by atoms with van der Waals surface area (Å²) in [6.45, 7) is 1.00. The molecule has 0 spiro atoms. The third kappa shape index (κ3) is 2.51. The lowest BCUT2D eigenvalue weighted by Gasteiger charge is -2.29. The number of rotatable bonds is 6. The molecule has 0 radical (unpaired) electrons. The number of hydrogen-bond acceptors (Lipinski definition) is 4. The summed E-state index contributed by atoms with van der Waals surface area (Å²) in [5.74, 6) is -2.53. The molecule has 0 aromatic heterocycles. The maximum Gasteiger partial charge on any atom is 0.307 e. The normalized spacial score (nSPS) is 23.9. The maximum absolute atomic E-state index is 11.6. The summed E-state index contributed by atoms with van der Waals surface area (Å²) < 4.78 is 0. The van der Waals surface area contributed by atoms with Crippen LogP contribution in [0.4, 0.5) is 0 Å². The number of carboxylic acid groups (broad SMARTS) is 1. The fourth-order valence-corrected chi connectivity index (χ4v) is 1.55. The van der Waals surface area contributed by atoms with E-state index in [-0.39, 0.29) is 13.2 Å². The zero-order valence-electron chi connectivity index (χ0n) is 9.14. The molecule has 0 aromatic carbocycles. The van der Waals surface area contributed by atoms with E-state index in [1.807, 2.05) is 0 Å². The number of carboxylic acids is 1. The average molecular weight is 231 g/mol. The molecule has 0 bridgehead atoms. The lowest BCUT2D eigenvalue weighted by Crippen LogP contribution is -2.54. The summed E-state index contributed by atoms with van der Waals surface area (Å²) in [6.07, 6.45) is 0.716. The lowest BCUT2D eigenvalue weighted by molar-refractivity contribution is -0.140. The Labute approximate surface area is 93.3 Å². The maximum atomic E-state index is 11.6. The quantitative estimate of drug-likeness (QED) is 0.467. The number of carbonyl (C=O) groups excluding carboxylic acids is 1. The molecular weight excluding hydrogens is 214 g/mol. The van der Waals surface area contributed by atoms with Crippen LogP contribution in [-0.2, 0) is 9.59 Å². The van der Waals surface area contributed by atoms with Gasteiger partial charge in [0.25, 0.3) is 0 Å². The predicted octanol–water partition coefficient (Wildman–Crippen LogP) is -1.04. The summed E-state index contributed by atoms with van der Waals surface area (Å²) in [4.78, 5) is 22.2. The second kappa shape index (κ2) is 4.80. The standard InChI is InChI=1S/C10H17NO5/c1-2-10(4-12,5-13)11-8(14)6-3-7(6)9(15)16/h6-7,12-13H,2-5H2,1H3,(H,11,14)(H,15,16)/t6-,7+/m1/s1. The second-order valence-corrected chi connectivity index (χ2v) is 4.23. The van der Waals surface area contributed by atoms with E-state index in [0.29, 0.717) is 12.8 Å². The Morgan fingerprint density at radius 1 is 1.31 bits per heavy atom. The van der Waals surface area contributed by atoms with E-state index in [2.05, 4.69) is 5.32 Å². The van der Waals surface area contributed by atoms with Crippen molar-refractivity contribution in [2.24, 2.45) is 11.8 Å². The van der Waals surface area contributed by atoms with E-state index >= 15 is 0 Å². The molecule has 6 heteroatoms. The van der Waals surface area contributed by atoms with Crippen molar-refractivity contribution in [3.05, 3.63) is 0 Å². The highest BCUT2D eigenvalue weighted by molar-refractivity contribution is 5.89. The van der Waals surface area contributed by atoms with Gasteiger partial charge in [-0.25, -0.2) is 0 Å². The molecule has 0 heterocycles. The van der Waals surface area contributed by atoms with Crippen molar-refractivity contribution < 1.29 is 24.9 Å². The van der Waals surface area contributed by atoms with E-state index in [1.54, 1.807) is 6.92 Å². The monoisotopic (exact) mass is 231 g/mol. The van der Waals surface area contributed by atoms with Gasteiger partial charge in [0.05, 0.1) is 30.6 Å². The van der Waals surface area contributed by atoms with Gasteiger partial charge in [0.1, 0.15) is 0 Å². The van der Waals surface area contributed by atoms with Gasteiger partial charge in [-0.1, -0.05) is 6.92 Å². The third-order valence-electron chi connectivity index (χ3n) is 3.11. The highest BCUT2D eigenvalue weighted by atomic mass is 16.4. The predicted molar refractivity (Wildman–Crippen MR) is 54.6 cm³/mol. The molecular formula is C10H17NO5. The van der Waals surface area contributed by atoms with Crippen molar-refractivity contribution in [1.82, 2.24) is 5.32 Å². The van der Waals surface area contributed by atoms with Gasteiger partial charge in [-0.3, -0.25) is 9.59 Å². The van der Waals surface area contributed by atoms with Crippen LogP contribution in [0, 0.1) is 11.8 Å². The van der Waals surface area contributed by atoms with Crippen molar-refractivity contribution in [3.63, 3.8) is 0 Å². The zero-order valence-corrected chi connectivity index (χ0v) is 9.14. The molecule has 92 valence electrons. The fraction of sp³-hybridized carbons (Fsp3) is 0.800. The molecule has 1 saturated carbocycles. The summed E-state index contributed by atoms with van der Waals surface area (Å²) in [5.41, 5.74) is -1.04. The van der Waals surface area contributed by atoms with Gasteiger partial charge in [-0.15, -0.1) is 0 Å². The van der Waals surface area contributed by atoms with Gasteiger partial charge in [0.2, 0.25) is 5.91 Å². The number of amides is 1. The van der Waals surface area contributed by atoms with E-state index in [0.717, 1.165) is 0 Å². The van der Waals surface area contributed by atoms with E-state index < -0.39 is 29.3 Å². The first-order valence-electron chi connectivity index (χ1n) is 5.26. The minimum Gasteiger partial charge on any atom is -0.481 e. The molecule has 16 heavy (non-hydrogen) atoms. The smallest absolute Gasteiger partial charge is 0.307 e. The molecule has 0 aliphatic heterocycles. The van der Waals surface area contributed by atoms with E-state index in [1.165, 1.54) is 0 Å². The Morgan fingerprint density at radius 2 is 1.88 bits per heavy atom. The van der Waals surface area contributed by atoms with Crippen molar-refractivity contribution >= 4 is 11.9 Å². The number of aliphatic carboxylic acids is 1. The van der Waals surface area contributed by atoms with E-state index in [4.69, 9.17) is 15.3 Å². The van der Waals surface area contributed by atoms with Crippen LogP contribution in [0.2, 0.25) is 0 Å². The minimum absolute atomic E-state index is 0.331. The molecule has 2 atom stereocenters. The van der Waals surface area contributed by atoms with Crippen LogP contribution in [0.3, 0.4) is 0 Å². The van der Waals surface area contributed by atoms with Gasteiger partial charge in [0, 0.05) is 0 Å². The van der Waals surface area contributed by atoms with Gasteiger partial charge in [-0.05, 0) is 12.8 Å². The number of aliphatic hydroxyl groups is 2. The van der Waals surface area contributed by atoms with Crippen LogP contribution in [0.1, 0.15) is 19.8 Å². The Hall–Kier alpha value is -1.14. The van der Waals surface area contributed by atoms with E-state index in [9.17, 15) is 9.59 Å². The molecule has 0 unspecified atom stereocenters. The lowest BCUT2D eigenvalue weighted by atomic mass is 9.98. The summed E-state index contributed by atoms with van der Waals surface area (Å²) in [7, 11) is 0. The largest absolute Gasteiger partial charge is 0.481 e. The fourth-order valence-electron chi connectivity index (χ4n) is 1.55. The number of aliphatic hydroxyl groups excluding tert-OH is 2. The van der Waals surface area contributed by atoms with Crippen LogP contribution in [0.15, 0.2) is 0 Å². The molecule has 0 saturated heterocycles. The highest BCUT2D eigenvalue weighted by Crippen LogP contribution is 2.39. The third-order valence-corrected chi connectivity index (χ3v) is 3.11. The van der Waals surface area contributed by atoms with Crippen LogP contribution < -0.4 is 5.32 Å². The Kier molecular flexibility index (Phi) is 3.88. The first-order valence-corrected chi connectivity index (χ1v) is 5.26. The van der Waals surface area contributed by atoms with Crippen LogP contribution in [0.5, 0.6) is 0 Å². The zero-order chi connectivity index (χ0) is 12.3. The van der Waals surface area contributed by atoms with Crippen LogP contribution >= 0.6 is 0 Å². The first kappa shape index (κ1) is 12.9. The molecule has 1 aliphatic carbocycles. The summed E-state index contributed by atoms with van der Waals surface area (Å²) in [5, 5.41) is 29.4. The molecule has 0 aromatic rings. The second-order valence-electron chi connectivity index (χ2n) is 4.23. The molecule has 4 N–H and O–H groups in total. The highest BCUT2D eigenvalue weighted by Gasteiger charge is 2.49. The van der Waals surface area contributed by atoms with Crippen molar-refractivity contribution in [3.8, 4) is 0 Å². The Balaban J connectivity index is 2.54. The van der Waals surface area contributed by atoms with Gasteiger partial charge in [0.15, 0.2) is 0 Å². The Morgan fingerprint density at radius 3 is 2.19 bits per heavy atom. The van der Waals surface area contributed by atoms with Crippen molar-refractivity contribution in [2.75, 3.05) is 13.2 Å². The summed E-state index contributed by atoms with van der Waals surface area (Å²) in [6, 6.07) is 0. The minimum atomic E-state index is -1.04.